The average Bonchev–Trinajstić information content (AvgIpc) is 2.42. The van der Waals surface area contributed by atoms with Crippen molar-refractivity contribution in [3.05, 3.63) is 35.9 Å². The molecule has 0 fully saturated rings. The Morgan fingerprint density at radius 3 is 1.95 bits per heavy atom. The van der Waals surface area contributed by atoms with Crippen LogP contribution in [0.5, 0.6) is 0 Å². The summed E-state index contributed by atoms with van der Waals surface area (Å²) < 4.78 is 0.423. The first-order chi connectivity index (χ1) is 9.04. The van der Waals surface area contributed by atoms with Crippen LogP contribution in [0.4, 0.5) is 0 Å². The van der Waals surface area contributed by atoms with Crippen molar-refractivity contribution in [1.82, 2.24) is 5.32 Å². The van der Waals surface area contributed by atoms with E-state index in [4.69, 9.17) is 24.8 Å². The Labute approximate surface area is 129 Å². The van der Waals surface area contributed by atoms with Crippen LogP contribution in [0.15, 0.2) is 30.3 Å². The van der Waals surface area contributed by atoms with E-state index in [0.717, 1.165) is 0 Å². The Hall–Kier alpha value is -0.710. The molecule has 0 saturated carbocycles. The molecule has 0 aromatic heterocycles. The average molecular weight is 299 g/mol. The number of nitrogens with one attached hydrogen (secondary N) is 2. The van der Waals surface area contributed by atoms with Crippen LogP contribution in [0.25, 0.3) is 0 Å². The minimum absolute atomic E-state index is 0.205. The minimum Gasteiger partial charge on any atom is -0.412 e. The maximum absolute atomic E-state index is 4.78. The molecule has 108 valence electrons. The molecule has 0 unspecified atom stereocenters. The van der Waals surface area contributed by atoms with Crippen molar-refractivity contribution in [3.8, 4) is 0 Å². The van der Waals surface area contributed by atoms with Gasteiger partial charge in [0.1, 0.15) is 0 Å². The maximum atomic E-state index is 4.78. The monoisotopic (exact) mass is 298 g/mol. The van der Waals surface area contributed by atoms with Crippen LogP contribution in [0.1, 0.15) is 39.3 Å². The van der Waals surface area contributed by atoms with Crippen molar-refractivity contribution in [2.45, 2.75) is 33.7 Å². The standard InChI is InChI=1S/C9H11NS2.C6H15N/c1-7(10-9(11)12)8-5-3-2-4-6-8;1-4-7(5-2)6-3/h2-7H,1H3,(H2,10,11,12);4-6H2,1-3H3/t7-;/m1./s1. The molecule has 2 N–H and O–H groups in total. The number of quaternary nitrogens is 1. The second-order valence-electron chi connectivity index (χ2n) is 4.37. The van der Waals surface area contributed by atoms with Gasteiger partial charge in [-0.3, -0.25) is 0 Å². The SMILES string of the molecule is CC[NH+](CC)CC.C[C@@H](NC(=S)[S-])c1ccccc1. The van der Waals surface area contributed by atoms with Crippen molar-refractivity contribution < 1.29 is 4.90 Å². The number of hydrogen-bond acceptors (Lipinski definition) is 2. The van der Waals surface area contributed by atoms with Gasteiger partial charge in [-0.25, -0.2) is 0 Å². The molecule has 0 aliphatic heterocycles. The zero-order valence-corrected chi connectivity index (χ0v) is 14.0. The lowest BCUT2D eigenvalue weighted by Gasteiger charge is -2.17. The first-order valence-corrected chi connectivity index (χ1v) is 7.72. The summed E-state index contributed by atoms with van der Waals surface area (Å²) >= 11 is 9.55. The van der Waals surface area contributed by atoms with Gasteiger partial charge >= 0.3 is 0 Å². The summed E-state index contributed by atoms with van der Waals surface area (Å²) in [5.74, 6) is 0. The predicted molar refractivity (Wildman–Crippen MR) is 90.5 cm³/mol. The highest BCUT2D eigenvalue weighted by Gasteiger charge is 2.00. The van der Waals surface area contributed by atoms with Gasteiger partial charge in [0.25, 0.3) is 0 Å². The molecule has 19 heavy (non-hydrogen) atoms. The third-order valence-corrected chi connectivity index (χ3v) is 3.37. The highest BCUT2D eigenvalue weighted by Crippen LogP contribution is 2.10. The Morgan fingerprint density at radius 2 is 1.63 bits per heavy atom. The fourth-order valence-corrected chi connectivity index (χ4v) is 2.11. The summed E-state index contributed by atoms with van der Waals surface area (Å²) in [6.45, 7) is 12.5. The lowest BCUT2D eigenvalue weighted by atomic mass is 10.1. The molecule has 0 radical (unpaired) electrons. The maximum Gasteiger partial charge on any atom is 0.0742 e. The van der Waals surface area contributed by atoms with E-state index >= 15 is 0 Å². The number of thiocarbonyl (C=S) groups is 1. The second-order valence-corrected chi connectivity index (χ2v) is 5.45. The first-order valence-electron chi connectivity index (χ1n) is 6.91. The molecule has 0 amide bonds. The summed E-state index contributed by atoms with van der Waals surface area (Å²) in [6, 6.07) is 10.3. The lowest BCUT2D eigenvalue weighted by Crippen LogP contribution is -3.11. The molecule has 1 aromatic rings. The van der Waals surface area contributed by atoms with Gasteiger partial charge < -0.3 is 35.1 Å². The van der Waals surface area contributed by atoms with Crippen molar-refractivity contribution in [2.75, 3.05) is 19.6 Å². The molecule has 0 aliphatic carbocycles. The quantitative estimate of drug-likeness (QED) is 0.640. The summed E-state index contributed by atoms with van der Waals surface area (Å²) in [7, 11) is 0. The normalized spacial score (nSPS) is 11.4. The minimum atomic E-state index is 0.205. The van der Waals surface area contributed by atoms with Crippen LogP contribution in [0.2, 0.25) is 0 Å². The predicted octanol–water partition coefficient (Wildman–Crippen LogP) is 2.10. The van der Waals surface area contributed by atoms with Crippen molar-refractivity contribution >= 4 is 29.2 Å². The van der Waals surface area contributed by atoms with E-state index < -0.39 is 0 Å². The second kappa shape index (κ2) is 11.1. The van der Waals surface area contributed by atoms with Crippen LogP contribution in [-0.4, -0.2) is 24.0 Å². The van der Waals surface area contributed by atoms with Gasteiger partial charge in [0, 0.05) is 6.04 Å². The third-order valence-electron chi connectivity index (χ3n) is 3.13. The van der Waals surface area contributed by atoms with E-state index in [1.54, 1.807) is 4.90 Å². The fraction of sp³-hybridized carbons (Fsp3) is 0.533. The van der Waals surface area contributed by atoms with Gasteiger partial charge in [0.15, 0.2) is 0 Å². The number of hydrogen-bond donors (Lipinski definition) is 2. The van der Waals surface area contributed by atoms with E-state index in [0.29, 0.717) is 4.32 Å². The zero-order chi connectivity index (χ0) is 14.7. The molecule has 0 heterocycles. The van der Waals surface area contributed by atoms with Crippen LogP contribution in [0, 0.1) is 0 Å². The summed E-state index contributed by atoms with van der Waals surface area (Å²) in [6.07, 6.45) is 0. The largest absolute Gasteiger partial charge is 0.412 e. The molecule has 1 rings (SSSR count). The summed E-state index contributed by atoms with van der Waals surface area (Å²) in [5, 5.41) is 3.01. The van der Waals surface area contributed by atoms with E-state index in [1.807, 2.05) is 37.3 Å². The molecule has 4 heteroatoms. The Balaban J connectivity index is 0.000000399. The van der Waals surface area contributed by atoms with Gasteiger partial charge in [-0.15, -0.1) is 0 Å². The van der Waals surface area contributed by atoms with Crippen LogP contribution >= 0.6 is 12.2 Å². The number of rotatable bonds is 5. The molecule has 2 nitrogen and oxygen atoms in total. The highest BCUT2D eigenvalue weighted by molar-refractivity contribution is 8.00. The molecular formula is C15H26N2S2. The summed E-state index contributed by atoms with van der Waals surface area (Å²) in [4.78, 5) is 1.68. The van der Waals surface area contributed by atoms with Crippen LogP contribution < -0.4 is 10.2 Å². The van der Waals surface area contributed by atoms with Gasteiger partial charge in [-0.1, -0.05) is 34.7 Å². The van der Waals surface area contributed by atoms with E-state index in [1.165, 1.54) is 25.2 Å². The zero-order valence-electron chi connectivity index (χ0n) is 12.4. The molecule has 0 bridgehead atoms. The van der Waals surface area contributed by atoms with Crippen LogP contribution in [0.3, 0.4) is 0 Å². The molecule has 0 spiro atoms. The molecule has 1 atom stereocenters. The fourth-order valence-electron chi connectivity index (χ4n) is 1.75. The van der Waals surface area contributed by atoms with E-state index in [2.05, 4.69) is 26.1 Å². The smallest absolute Gasteiger partial charge is 0.0742 e. The van der Waals surface area contributed by atoms with E-state index in [-0.39, 0.29) is 6.04 Å². The molecule has 1 aromatic carbocycles. The van der Waals surface area contributed by atoms with E-state index in [9.17, 15) is 0 Å². The Morgan fingerprint density at radius 1 is 1.16 bits per heavy atom. The third kappa shape index (κ3) is 8.92. The van der Waals surface area contributed by atoms with Crippen molar-refractivity contribution in [1.29, 1.82) is 0 Å². The van der Waals surface area contributed by atoms with Gasteiger partial charge in [0.05, 0.1) is 19.6 Å². The van der Waals surface area contributed by atoms with Crippen LogP contribution in [-0.2, 0) is 12.6 Å². The Bertz CT molecular complexity index is 332. The topological polar surface area (TPSA) is 16.5 Å². The summed E-state index contributed by atoms with van der Waals surface area (Å²) in [5.41, 5.74) is 1.20. The molecule has 0 saturated heterocycles. The van der Waals surface area contributed by atoms with Gasteiger partial charge in [-0.2, -0.15) is 0 Å². The Kier molecular flexibility index (Phi) is 10.7. The highest BCUT2D eigenvalue weighted by atomic mass is 32.1. The number of benzene rings is 1. The van der Waals surface area contributed by atoms with Crippen molar-refractivity contribution in [3.63, 3.8) is 0 Å². The van der Waals surface area contributed by atoms with Gasteiger partial charge in [0.2, 0.25) is 0 Å². The molecule has 0 aliphatic rings. The molecular weight excluding hydrogens is 272 g/mol. The van der Waals surface area contributed by atoms with Crippen molar-refractivity contribution in [2.24, 2.45) is 0 Å². The first kappa shape index (κ1) is 18.3. The lowest BCUT2D eigenvalue weighted by molar-refractivity contribution is -0.894. The van der Waals surface area contributed by atoms with Gasteiger partial charge in [-0.05, 0) is 33.3 Å².